The lowest BCUT2D eigenvalue weighted by atomic mass is 10.0. The Morgan fingerprint density at radius 1 is 1.00 bits per heavy atom. The van der Waals surface area contributed by atoms with E-state index in [1.165, 1.54) is 24.5 Å². The summed E-state index contributed by atoms with van der Waals surface area (Å²) in [6.07, 6.45) is 8.49. The molecule has 2 aliphatic rings. The van der Waals surface area contributed by atoms with Gasteiger partial charge in [0.05, 0.1) is 4.90 Å². The normalized spacial score (nSPS) is 19.8. The van der Waals surface area contributed by atoms with Gasteiger partial charge >= 0.3 is 0 Å². The predicted octanol–water partition coefficient (Wildman–Crippen LogP) is 3.31. The second-order valence-electron chi connectivity index (χ2n) is 8.65. The third kappa shape index (κ3) is 6.51. The van der Waals surface area contributed by atoms with Gasteiger partial charge in [0.15, 0.2) is 0 Å². The SMILES string of the molecule is O=C(C=Cc1ccc(S(=O)(=O)NC2CC2)cc1)NCC1CCCCN1Cc1ccccc1. The molecule has 0 bridgehead atoms. The van der Waals surface area contributed by atoms with Crippen molar-refractivity contribution in [2.75, 3.05) is 13.1 Å². The minimum absolute atomic E-state index is 0.0797. The zero-order valence-electron chi connectivity index (χ0n) is 18.2. The molecular formula is C25H31N3O3S. The number of carbonyl (C=O) groups is 1. The number of rotatable bonds is 9. The topological polar surface area (TPSA) is 78.5 Å². The van der Waals surface area contributed by atoms with Crippen molar-refractivity contribution in [3.8, 4) is 0 Å². The van der Waals surface area contributed by atoms with Crippen molar-refractivity contribution in [3.63, 3.8) is 0 Å². The van der Waals surface area contributed by atoms with Crippen LogP contribution in [0.1, 0.15) is 43.2 Å². The van der Waals surface area contributed by atoms with Gasteiger partial charge in [0.25, 0.3) is 0 Å². The summed E-state index contributed by atoms with van der Waals surface area (Å²) >= 11 is 0. The van der Waals surface area contributed by atoms with Crippen LogP contribution in [0.5, 0.6) is 0 Å². The van der Waals surface area contributed by atoms with Gasteiger partial charge in [0, 0.05) is 31.2 Å². The average molecular weight is 454 g/mol. The van der Waals surface area contributed by atoms with Crippen LogP contribution in [0.4, 0.5) is 0 Å². The van der Waals surface area contributed by atoms with Gasteiger partial charge in [-0.2, -0.15) is 0 Å². The number of hydrogen-bond donors (Lipinski definition) is 2. The number of likely N-dealkylation sites (tertiary alicyclic amines) is 1. The molecule has 1 heterocycles. The van der Waals surface area contributed by atoms with E-state index in [4.69, 9.17) is 0 Å². The highest BCUT2D eigenvalue weighted by Gasteiger charge is 2.27. The summed E-state index contributed by atoms with van der Waals surface area (Å²) in [5.74, 6) is -0.137. The van der Waals surface area contributed by atoms with Crippen LogP contribution in [0.3, 0.4) is 0 Å². The van der Waals surface area contributed by atoms with E-state index in [0.717, 1.165) is 37.9 Å². The van der Waals surface area contributed by atoms with E-state index in [1.54, 1.807) is 30.3 Å². The predicted molar refractivity (Wildman–Crippen MR) is 126 cm³/mol. The highest BCUT2D eigenvalue weighted by molar-refractivity contribution is 7.89. The molecule has 0 radical (unpaired) electrons. The number of carbonyl (C=O) groups excluding carboxylic acids is 1. The van der Waals surface area contributed by atoms with Crippen LogP contribution in [0.25, 0.3) is 6.08 Å². The van der Waals surface area contributed by atoms with Crippen LogP contribution in [0.2, 0.25) is 0 Å². The molecule has 1 unspecified atom stereocenters. The number of nitrogens with zero attached hydrogens (tertiary/aromatic N) is 1. The molecule has 1 saturated carbocycles. The Hall–Kier alpha value is -2.48. The zero-order chi connectivity index (χ0) is 22.4. The number of amides is 1. The van der Waals surface area contributed by atoms with Gasteiger partial charge < -0.3 is 5.32 Å². The fourth-order valence-electron chi connectivity index (χ4n) is 4.01. The van der Waals surface area contributed by atoms with Crippen molar-refractivity contribution in [2.24, 2.45) is 0 Å². The summed E-state index contributed by atoms with van der Waals surface area (Å²) in [7, 11) is -3.45. The van der Waals surface area contributed by atoms with Crippen LogP contribution in [-0.2, 0) is 21.4 Å². The molecule has 6 nitrogen and oxygen atoms in total. The molecule has 1 aliphatic heterocycles. The van der Waals surface area contributed by atoms with Gasteiger partial charge in [0.1, 0.15) is 0 Å². The van der Waals surface area contributed by atoms with E-state index in [-0.39, 0.29) is 16.8 Å². The molecule has 2 aromatic rings. The Kier molecular flexibility index (Phi) is 7.40. The van der Waals surface area contributed by atoms with Crippen molar-refractivity contribution in [1.82, 2.24) is 14.9 Å². The molecule has 1 atom stereocenters. The van der Waals surface area contributed by atoms with Gasteiger partial charge in [-0.3, -0.25) is 9.69 Å². The smallest absolute Gasteiger partial charge is 0.244 e. The summed E-state index contributed by atoms with van der Waals surface area (Å²) in [5.41, 5.74) is 2.08. The third-order valence-electron chi connectivity index (χ3n) is 6.01. The number of benzene rings is 2. The molecule has 4 rings (SSSR count). The molecule has 2 N–H and O–H groups in total. The minimum Gasteiger partial charge on any atom is -0.351 e. The number of hydrogen-bond acceptors (Lipinski definition) is 4. The van der Waals surface area contributed by atoms with Crippen LogP contribution < -0.4 is 10.0 Å². The molecular weight excluding hydrogens is 422 g/mol. The summed E-state index contributed by atoms with van der Waals surface area (Å²) < 4.78 is 27.1. The molecule has 170 valence electrons. The first-order chi connectivity index (χ1) is 15.5. The van der Waals surface area contributed by atoms with Gasteiger partial charge in [-0.05, 0) is 61.6 Å². The molecule has 0 spiro atoms. The maximum atomic E-state index is 12.4. The van der Waals surface area contributed by atoms with Gasteiger partial charge in [0.2, 0.25) is 15.9 Å². The quantitative estimate of drug-likeness (QED) is 0.571. The average Bonchev–Trinajstić information content (AvgIpc) is 3.61. The van der Waals surface area contributed by atoms with E-state index in [9.17, 15) is 13.2 Å². The monoisotopic (exact) mass is 453 g/mol. The molecule has 0 aromatic heterocycles. The van der Waals surface area contributed by atoms with Crippen LogP contribution in [0.15, 0.2) is 65.6 Å². The number of piperidine rings is 1. The van der Waals surface area contributed by atoms with Gasteiger partial charge in [-0.1, -0.05) is 48.9 Å². The van der Waals surface area contributed by atoms with Crippen molar-refractivity contribution in [3.05, 3.63) is 71.8 Å². The maximum Gasteiger partial charge on any atom is 0.244 e. The van der Waals surface area contributed by atoms with Crippen molar-refractivity contribution >= 4 is 22.0 Å². The molecule has 1 amide bonds. The van der Waals surface area contributed by atoms with Crippen LogP contribution in [-0.4, -0.2) is 44.4 Å². The molecule has 2 fully saturated rings. The van der Waals surface area contributed by atoms with Crippen molar-refractivity contribution < 1.29 is 13.2 Å². The van der Waals surface area contributed by atoms with Crippen LogP contribution in [0, 0.1) is 0 Å². The Labute approximate surface area is 190 Å². The fraction of sp³-hybridized carbons (Fsp3) is 0.400. The van der Waals surface area contributed by atoms with Gasteiger partial charge in [-0.15, -0.1) is 0 Å². The highest BCUT2D eigenvalue weighted by atomic mass is 32.2. The first-order valence-electron chi connectivity index (χ1n) is 11.4. The molecule has 1 aliphatic carbocycles. The Morgan fingerprint density at radius 3 is 2.47 bits per heavy atom. The third-order valence-corrected chi connectivity index (χ3v) is 7.54. The lowest BCUT2D eigenvalue weighted by Crippen LogP contribution is -2.45. The lowest BCUT2D eigenvalue weighted by Gasteiger charge is -2.35. The number of sulfonamides is 1. The van der Waals surface area contributed by atoms with Crippen molar-refractivity contribution in [2.45, 2.75) is 55.6 Å². The molecule has 1 saturated heterocycles. The standard InChI is InChI=1S/C25H31N3O3S/c29-25(16-11-20-9-14-24(15-10-20)32(30,31)27-22-12-13-22)26-18-23-8-4-5-17-28(23)19-21-6-2-1-3-7-21/h1-3,6-7,9-11,14-16,22-23,27H,4-5,8,12-13,17-19H2,(H,26,29). The maximum absolute atomic E-state index is 12.4. The van der Waals surface area contributed by atoms with Crippen molar-refractivity contribution in [1.29, 1.82) is 0 Å². The van der Waals surface area contributed by atoms with E-state index < -0.39 is 10.0 Å². The second kappa shape index (κ2) is 10.4. The summed E-state index contributed by atoms with van der Waals surface area (Å²) in [5, 5.41) is 3.03. The summed E-state index contributed by atoms with van der Waals surface area (Å²) in [6, 6.07) is 17.4. The first kappa shape index (κ1) is 22.7. The van der Waals surface area contributed by atoms with Gasteiger partial charge in [-0.25, -0.2) is 13.1 Å². The highest BCUT2D eigenvalue weighted by Crippen LogP contribution is 2.22. The van der Waals surface area contributed by atoms with E-state index in [0.29, 0.717) is 12.6 Å². The largest absolute Gasteiger partial charge is 0.351 e. The minimum atomic E-state index is -3.45. The van der Waals surface area contributed by atoms with E-state index in [1.807, 2.05) is 6.07 Å². The summed E-state index contributed by atoms with van der Waals surface area (Å²) in [6.45, 7) is 2.58. The van der Waals surface area contributed by atoms with E-state index >= 15 is 0 Å². The Bertz CT molecular complexity index is 1030. The molecule has 32 heavy (non-hydrogen) atoms. The zero-order valence-corrected chi connectivity index (χ0v) is 19.1. The summed E-state index contributed by atoms with van der Waals surface area (Å²) in [4.78, 5) is 15.1. The molecule has 2 aromatic carbocycles. The lowest BCUT2D eigenvalue weighted by molar-refractivity contribution is -0.116. The Balaban J connectivity index is 1.28. The fourth-order valence-corrected chi connectivity index (χ4v) is 5.32. The first-order valence-corrected chi connectivity index (χ1v) is 12.8. The molecule has 7 heteroatoms. The van der Waals surface area contributed by atoms with Crippen LogP contribution >= 0.6 is 0 Å². The number of nitrogens with one attached hydrogen (secondary N) is 2. The Morgan fingerprint density at radius 2 is 1.75 bits per heavy atom. The van der Waals surface area contributed by atoms with E-state index in [2.05, 4.69) is 39.2 Å². The second-order valence-corrected chi connectivity index (χ2v) is 10.4.